The van der Waals surface area contributed by atoms with Crippen LogP contribution in [0.5, 0.6) is 11.5 Å². The van der Waals surface area contributed by atoms with Crippen LogP contribution in [0.2, 0.25) is 0 Å². The Morgan fingerprint density at radius 2 is 1.79 bits per heavy atom. The second kappa shape index (κ2) is 7.18. The Balaban J connectivity index is 1.59. The third kappa shape index (κ3) is 3.75. The average molecular weight is 340 g/mol. The molecule has 0 unspecified atom stereocenters. The highest BCUT2D eigenvalue weighted by Gasteiger charge is 2.15. The molecule has 3 rings (SSSR count). The van der Waals surface area contributed by atoms with Gasteiger partial charge in [-0.2, -0.15) is 0 Å². The normalized spacial score (nSPS) is 12.9. The van der Waals surface area contributed by atoms with E-state index in [0.717, 1.165) is 22.9 Å². The first-order chi connectivity index (χ1) is 11.6. The minimum atomic E-state index is 0.0712. The van der Waals surface area contributed by atoms with Crippen molar-refractivity contribution in [3.63, 3.8) is 0 Å². The predicted octanol–water partition coefficient (Wildman–Crippen LogP) is 2.86. The fourth-order valence-corrected chi connectivity index (χ4v) is 2.73. The van der Waals surface area contributed by atoms with E-state index in [9.17, 15) is 0 Å². The maximum atomic E-state index is 8.14. The van der Waals surface area contributed by atoms with Gasteiger partial charge in [-0.25, -0.2) is 4.99 Å². The van der Waals surface area contributed by atoms with Crippen molar-refractivity contribution in [1.29, 1.82) is 10.8 Å². The first-order valence-corrected chi connectivity index (χ1v) is 8.20. The highest BCUT2D eigenvalue weighted by Crippen LogP contribution is 2.32. The molecule has 0 aromatic heterocycles. The van der Waals surface area contributed by atoms with Gasteiger partial charge in [0.2, 0.25) is 6.79 Å². The number of hydrogen-bond donors (Lipinski definition) is 3. The molecule has 0 atom stereocenters. The van der Waals surface area contributed by atoms with Gasteiger partial charge in [0.1, 0.15) is 5.84 Å². The maximum Gasteiger partial charge on any atom is 0.231 e. The largest absolute Gasteiger partial charge is 0.454 e. The Morgan fingerprint density at radius 1 is 1.04 bits per heavy atom. The van der Waals surface area contributed by atoms with Crippen molar-refractivity contribution in [2.45, 2.75) is 0 Å². The van der Waals surface area contributed by atoms with Crippen molar-refractivity contribution in [3.05, 3.63) is 59.7 Å². The topological polar surface area (TPSA) is 105 Å². The number of aliphatic imine (C=N–C) groups is 1. The average Bonchev–Trinajstić information content (AvgIpc) is 3.08. The number of nitrogens with zero attached hydrogens (tertiary/aromatic N) is 1. The third-order valence-electron chi connectivity index (χ3n) is 3.37. The SMILES string of the molecule is N=C(/N=C(\N)c1ccccc1)SCC(=N)c1ccc2c(c1)OCO2. The summed E-state index contributed by atoms with van der Waals surface area (Å²) >= 11 is 1.15. The van der Waals surface area contributed by atoms with E-state index in [-0.39, 0.29) is 12.0 Å². The summed E-state index contributed by atoms with van der Waals surface area (Å²) in [7, 11) is 0. The number of ether oxygens (including phenoxy) is 2. The molecule has 122 valence electrons. The van der Waals surface area contributed by atoms with Crippen LogP contribution in [-0.4, -0.2) is 29.3 Å². The van der Waals surface area contributed by atoms with E-state index in [0.29, 0.717) is 28.8 Å². The lowest BCUT2D eigenvalue weighted by Gasteiger charge is -2.05. The molecule has 4 N–H and O–H groups in total. The summed E-state index contributed by atoms with van der Waals surface area (Å²) in [5.74, 6) is 1.95. The van der Waals surface area contributed by atoms with Crippen LogP contribution in [0.25, 0.3) is 0 Å². The molecule has 0 saturated carbocycles. The number of amidine groups is 2. The minimum Gasteiger partial charge on any atom is -0.454 e. The fourth-order valence-electron chi connectivity index (χ4n) is 2.12. The zero-order valence-electron chi connectivity index (χ0n) is 12.8. The van der Waals surface area contributed by atoms with Crippen LogP contribution in [-0.2, 0) is 0 Å². The first kappa shape index (κ1) is 16.1. The minimum absolute atomic E-state index is 0.0712. The van der Waals surface area contributed by atoms with Gasteiger partial charge >= 0.3 is 0 Å². The lowest BCUT2D eigenvalue weighted by molar-refractivity contribution is 0.174. The molecule has 0 saturated heterocycles. The molecular formula is C17H16N4O2S. The Kier molecular flexibility index (Phi) is 4.81. The highest BCUT2D eigenvalue weighted by atomic mass is 32.2. The van der Waals surface area contributed by atoms with E-state index in [1.54, 1.807) is 12.1 Å². The van der Waals surface area contributed by atoms with Crippen molar-refractivity contribution in [1.82, 2.24) is 0 Å². The highest BCUT2D eigenvalue weighted by molar-refractivity contribution is 8.14. The Hall–Kier alpha value is -2.80. The quantitative estimate of drug-likeness (QED) is 0.588. The van der Waals surface area contributed by atoms with Crippen molar-refractivity contribution in [2.75, 3.05) is 12.5 Å². The molecule has 0 bridgehead atoms. The van der Waals surface area contributed by atoms with Gasteiger partial charge in [-0.3, -0.25) is 5.41 Å². The van der Waals surface area contributed by atoms with Crippen LogP contribution in [0.4, 0.5) is 0 Å². The monoisotopic (exact) mass is 340 g/mol. The van der Waals surface area contributed by atoms with Crippen molar-refractivity contribution in [3.8, 4) is 11.5 Å². The maximum absolute atomic E-state index is 8.14. The summed E-state index contributed by atoms with van der Waals surface area (Å²) < 4.78 is 10.6. The molecule has 1 heterocycles. The van der Waals surface area contributed by atoms with Crippen molar-refractivity contribution in [2.24, 2.45) is 10.7 Å². The van der Waals surface area contributed by atoms with Gasteiger partial charge in [0.15, 0.2) is 16.7 Å². The van der Waals surface area contributed by atoms with E-state index in [2.05, 4.69) is 4.99 Å². The molecule has 6 nitrogen and oxygen atoms in total. The summed E-state index contributed by atoms with van der Waals surface area (Å²) in [6.07, 6.45) is 0. The summed E-state index contributed by atoms with van der Waals surface area (Å²) in [5, 5.41) is 16.1. The number of fused-ring (bicyclic) bond motifs is 1. The number of benzene rings is 2. The van der Waals surface area contributed by atoms with Crippen LogP contribution in [0.15, 0.2) is 53.5 Å². The van der Waals surface area contributed by atoms with E-state index >= 15 is 0 Å². The van der Waals surface area contributed by atoms with Gasteiger partial charge in [-0.1, -0.05) is 42.1 Å². The summed E-state index contributed by atoms with van der Waals surface area (Å²) in [5.41, 5.74) is 7.78. The molecule has 0 fully saturated rings. The van der Waals surface area contributed by atoms with Gasteiger partial charge in [0, 0.05) is 22.6 Å². The van der Waals surface area contributed by atoms with Gasteiger partial charge in [-0.15, -0.1) is 0 Å². The Bertz CT molecular complexity index is 805. The van der Waals surface area contributed by atoms with E-state index in [1.165, 1.54) is 0 Å². The predicted molar refractivity (Wildman–Crippen MR) is 96.7 cm³/mol. The molecule has 2 aromatic carbocycles. The Morgan fingerprint density at radius 3 is 2.58 bits per heavy atom. The molecule has 0 amide bonds. The van der Waals surface area contributed by atoms with Gasteiger partial charge in [0.05, 0.1) is 0 Å². The number of hydrogen-bond acceptors (Lipinski definition) is 5. The summed E-state index contributed by atoms with van der Waals surface area (Å²) in [6.45, 7) is 0.207. The van der Waals surface area contributed by atoms with E-state index in [1.807, 2.05) is 36.4 Å². The van der Waals surface area contributed by atoms with E-state index < -0.39 is 0 Å². The number of nitrogens with two attached hydrogens (primary N) is 1. The van der Waals surface area contributed by atoms with Gasteiger partial charge in [0.25, 0.3) is 0 Å². The number of rotatable bonds is 4. The second-order valence-corrected chi connectivity index (χ2v) is 5.97. The van der Waals surface area contributed by atoms with Crippen LogP contribution in [0.3, 0.4) is 0 Å². The molecule has 1 aliphatic heterocycles. The van der Waals surface area contributed by atoms with Crippen molar-refractivity contribution >= 4 is 28.5 Å². The third-order valence-corrected chi connectivity index (χ3v) is 4.16. The van der Waals surface area contributed by atoms with Gasteiger partial charge in [-0.05, 0) is 18.2 Å². The molecule has 0 radical (unpaired) electrons. The van der Waals surface area contributed by atoms with Crippen LogP contribution in [0, 0.1) is 10.8 Å². The molecular weight excluding hydrogens is 324 g/mol. The lowest BCUT2D eigenvalue weighted by atomic mass is 10.1. The summed E-state index contributed by atoms with van der Waals surface area (Å²) in [6, 6.07) is 14.7. The molecule has 1 aliphatic rings. The Labute approximate surface area is 143 Å². The van der Waals surface area contributed by atoms with Crippen LogP contribution in [0.1, 0.15) is 11.1 Å². The standard InChI is InChI=1S/C17H16N4O2S/c18-13(12-6-7-14-15(8-12)23-10-22-14)9-24-17(20)21-16(19)11-4-2-1-3-5-11/h1-8,18H,9-10H2,(H3,19,20,21). The number of thioether (sulfide) groups is 1. The summed E-state index contributed by atoms with van der Waals surface area (Å²) in [4.78, 5) is 4.07. The van der Waals surface area contributed by atoms with Crippen LogP contribution >= 0.6 is 11.8 Å². The van der Waals surface area contributed by atoms with Gasteiger partial charge < -0.3 is 20.6 Å². The molecule has 24 heavy (non-hydrogen) atoms. The molecule has 7 heteroatoms. The van der Waals surface area contributed by atoms with E-state index in [4.69, 9.17) is 26.0 Å². The fraction of sp³-hybridized carbons (Fsp3) is 0.118. The second-order valence-electron chi connectivity index (χ2n) is 5.00. The number of nitrogens with one attached hydrogen (secondary N) is 2. The smallest absolute Gasteiger partial charge is 0.231 e. The zero-order chi connectivity index (χ0) is 16.9. The lowest BCUT2D eigenvalue weighted by Crippen LogP contribution is -2.15. The molecule has 0 aliphatic carbocycles. The van der Waals surface area contributed by atoms with Crippen molar-refractivity contribution < 1.29 is 9.47 Å². The molecule has 2 aromatic rings. The molecule has 0 spiro atoms. The zero-order valence-corrected chi connectivity index (χ0v) is 13.6. The van der Waals surface area contributed by atoms with Crippen LogP contribution < -0.4 is 15.2 Å². The first-order valence-electron chi connectivity index (χ1n) is 7.22.